The Hall–Kier alpha value is -2.24. The highest BCUT2D eigenvalue weighted by Gasteiger charge is 2.23. The molecule has 6 heteroatoms. The molecule has 25 heavy (non-hydrogen) atoms. The summed E-state index contributed by atoms with van der Waals surface area (Å²) >= 11 is 0. The second-order valence-electron chi connectivity index (χ2n) is 7.24. The van der Waals surface area contributed by atoms with Gasteiger partial charge < -0.3 is 4.90 Å². The average Bonchev–Trinajstić information content (AvgIpc) is 2.63. The first-order valence-electron chi connectivity index (χ1n) is 9.33. The van der Waals surface area contributed by atoms with Gasteiger partial charge in [-0.05, 0) is 56.9 Å². The molecule has 0 bridgehead atoms. The van der Waals surface area contributed by atoms with E-state index in [0.29, 0.717) is 5.92 Å². The highest BCUT2D eigenvalue weighted by molar-refractivity contribution is 5.42. The number of hydrogen-bond donors (Lipinski definition) is 0. The van der Waals surface area contributed by atoms with E-state index in [2.05, 4.69) is 20.0 Å². The Morgan fingerprint density at radius 2 is 1.88 bits per heavy atom. The molecular formula is C19H25N5O. The average molecular weight is 339 g/mol. The van der Waals surface area contributed by atoms with Gasteiger partial charge in [0.25, 0.3) is 5.56 Å². The van der Waals surface area contributed by atoms with Crippen LogP contribution in [0.2, 0.25) is 0 Å². The molecule has 0 unspecified atom stereocenters. The molecule has 6 nitrogen and oxygen atoms in total. The van der Waals surface area contributed by atoms with E-state index in [-0.39, 0.29) is 5.56 Å². The van der Waals surface area contributed by atoms with Crippen molar-refractivity contribution >= 4 is 5.82 Å². The van der Waals surface area contributed by atoms with Crippen molar-refractivity contribution in [1.29, 1.82) is 0 Å². The van der Waals surface area contributed by atoms with Crippen LogP contribution < -0.4 is 10.5 Å². The number of anilines is 1. The maximum Gasteiger partial charge on any atom is 0.267 e. The second-order valence-corrected chi connectivity index (χ2v) is 7.24. The lowest BCUT2D eigenvalue weighted by molar-refractivity contribution is 0.331. The van der Waals surface area contributed by atoms with E-state index in [9.17, 15) is 4.79 Å². The Kier molecular flexibility index (Phi) is 4.51. The highest BCUT2D eigenvalue weighted by Crippen LogP contribution is 2.24. The quantitative estimate of drug-likeness (QED) is 0.857. The van der Waals surface area contributed by atoms with Gasteiger partial charge >= 0.3 is 0 Å². The van der Waals surface area contributed by atoms with Gasteiger partial charge in [0.1, 0.15) is 5.82 Å². The van der Waals surface area contributed by atoms with E-state index in [1.54, 1.807) is 17.1 Å². The van der Waals surface area contributed by atoms with Crippen molar-refractivity contribution in [1.82, 2.24) is 19.7 Å². The topological polar surface area (TPSA) is 63.9 Å². The Balaban J connectivity index is 1.42. The fraction of sp³-hybridized carbons (Fsp3) is 0.579. The van der Waals surface area contributed by atoms with Gasteiger partial charge in [-0.3, -0.25) is 9.78 Å². The van der Waals surface area contributed by atoms with E-state index >= 15 is 0 Å². The van der Waals surface area contributed by atoms with Crippen molar-refractivity contribution in [2.75, 3.05) is 18.0 Å². The number of hydrogen-bond acceptors (Lipinski definition) is 5. The van der Waals surface area contributed by atoms with Crippen LogP contribution in [-0.4, -0.2) is 32.8 Å². The third-order valence-electron chi connectivity index (χ3n) is 5.47. The van der Waals surface area contributed by atoms with Crippen molar-refractivity contribution < 1.29 is 0 Å². The van der Waals surface area contributed by atoms with Gasteiger partial charge in [-0.25, -0.2) is 9.67 Å². The van der Waals surface area contributed by atoms with E-state index < -0.39 is 0 Å². The minimum absolute atomic E-state index is 0.0628. The van der Waals surface area contributed by atoms with Crippen LogP contribution in [0.3, 0.4) is 0 Å². The first-order chi connectivity index (χ1) is 12.2. The third kappa shape index (κ3) is 3.43. The summed E-state index contributed by atoms with van der Waals surface area (Å²) in [5.41, 5.74) is 3.35. The van der Waals surface area contributed by atoms with Crippen LogP contribution in [-0.2, 0) is 19.4 Å². The van der Waals surface area contributed by atoms with E-state index in [1.165, 1.54) is 18.4 Å². The van der Waals surface area contributed by atoms with Crippen LogP contribution in [0.5, 0.6) is 0 Å². The molecule has 2 aromatic heterocycles. The zero-order valence-corrected chi connectivity index (χ0v) is 14.8. The normalized spacial score (nSPS) is 18.2. The van der Waals surface area contributed by atoms with Crippen molar-refractivity contribution in [3.63, 3.8) is 0 Å². The summed E-state index contributed by atoms with van der Waals surface area (Å²) in [6.07, 6.45) is 9.99. The summed E-state index contributed by atoms with van der Waals surface area (Å²) in [4.78, 5) is 23.5. The predicted molar refractivity (Wildman–Crippen MR) is 96.8 cm³/mol. The summed E-state index contributed by atoms with van der Waals surface area (Å²) in [5.74, 6) is 1.49. The minimum Gasteiger partial charge on any atom is -0.355 e. The zero-order chi connectivity index (χ0) is 17.2. The number of aryl methyl sites for hydroxylation is 3. The largest absolute Gasteiger partial charge is 0.355 e. The molecule has 2 aliphatic rings. The fourth-order valence-electron chi connectivity index (χ4n) is 4.01. The van der Waals surface area contributed by atoms with Gasteiger partial charge in [0.2, 0.25) is 0 Å². The first-order valence-corrected chi connectivity index (χ1v) is 9.33. The van der Waals surface area contributed by atoms with Crippen LogP contribution >= 0.6 is 0 Å². The Morgan fingerprint density at radius 1 is 1.12 bits per heavy atom. The number of fused-ring (bicyclic) bond motifs is 1. The van der Waals surface area contributed by atoms with Crippen LogP contribution in [0.1, 0.15) is 42.6 Å². The molecule has 0 atom stereocenters. The molecule has 4 rings (SSSR count). The molecule has 0 N–H and O–H groups in total. The molecule has 0 saturated carbocycles. The van der Waals surface area contributed by atoms with Crippen molar-refractivity contribution in [2.45, 2.75) is 52.0 Å². The SMILES string of the molecule is Cc1nccnc1N1CCC(Cn2nc3c(cc2=O)CCCC3)CC1. The van der Waals surface area contributed by atoms with Crippen molar-refractivity contribution in [3.05, 3.63) is 45.8 Å². The second kappa shape index (κ2) is 6.94. The summed E-state index contributed by atoms with van der Waals surface area (Å²) in [6.45, 7) is 4.66. The standard InChI is InChI=1S/C19H25N5O/c1-14-19(21-9-8-20-14)23-10-6-15(7-11-23)13-24-18(25)12-16-4-2-3-5-17(16)22-24/h8-9,12,15H,2-7,10-11,13H2,1H3. The van der Waals surface area contributed by atoms with Crippen LogP contribution in [0, 0.1) is 12.8 Å². The fourth-order valence-corrected chi connectivity index (χ4v) is 4.01. The Bertz CT molecular complexity index is 808. The first kappa shape index (κ1) is 16.2. The van der Waals surface area contributed by atoms with Crippen LogP contribution in [0.15, 0.2) is 23.3 Å². The van der Waals surface area contributed by atoms with Crippen molar-refractivity contribution in [2.24, 2.45) is 5.92 Å². The monoisotopic (exact) mass is 339 g/mol. The van der Waals surface area contributed by atoms with E-state index in [1.807, 2.05) is 13.0 Å². The maximum atomic E-state index is 12.4. The third-order valence-corrected chi connectivity index (χ3v) is 5.47. The lowest BCUT2D eigenvalue weighted by Gasteiger charge is -2.33. The summed E-state index contributed by atoms with van der Waals surface area (Å²) in [6, 6.07) is 1.82. The van der Waals surface area contributed by atoms with Crippen LogP contribution in [0.25, 0.3) is 0 Å². The molecule has 0 radical (unpaired) electrons. The van der Waals surface area contributed by atoms with Gasteiger partial charge in [0.05, 0.1) is 11.4 Å². The smallest absolute Gasteiger partial charge is 0.267 e. The lowest BCUT2D eigenvalue weighted by atomic mass is 9.95. The molecule has 1 aliphatic heterocycles. The Labute approximate surface area is 147 Å². The highest BCUT2D eigenvalue weighted by atomic mass is 16.1. The zero-order valence-electron chi connectivity index (χ0n) is 14.8. The van der Waals surface area contributed by atoms with Gasteiger partial charge in [-0.2, -0.15) is 5.10 Å². The molecule has 3 heterocycles. The van der Waals surface area contributed by atoms with Gasteiger partial charge in [-0.15, -0.1) is 0 Å². The molecule has 1 saturated heterocycles. The molecule has 0 aromatic carbocycles. The molecule has 1 fully saturated rings. The number of rotatable bonds is 3. The Morgan fingerprint density at radius 3 is 2.68 bits per heavy atom. The van der Waals surface area contributed by atoms with E-state index in [4.69, 9.17) is 0 Å². The van der Waals surface area contributed by atoms with Gasteiger partial charge in [0.15, 0.2) is 0 Å². The molecule has 1 aliphatic carbocycles. The molecule has 2 aromatic rings. The molecule has 132 valence electrons. The summed E-state index contributed by atoms with van der Waals surface area (Å²) < 4.78 is 1.71. The van der Waals surface area contributed by atoms with E-state index in [0.717, 1.165) is 62.5 Å². The summed E-state index contributed by atoms with van der Waals surface area (Å²) in [5, 5.41) is 4.67. The number of piperidine rings is 1. The molecule has 0 amide bonds. The summed E-state index contributed by atoms with van der Waals surface area (Å²) in [7, 11) is 0. The molecule has 0 spiro atoms. The lowest BCUT2D eigenvalue weighted by Crippen LogP contribution is -2.38. The van der Waals surface area contributed by atoms with Gasteiger partial charge in [0, 0.05) is 38.1 Å². The number of aromatic nitrogens is 4. The predicted octanol–water partition coefficient (Wildman–Crippen LogP) is 2.14. The number of nitrogens with zero attached hydrogens (tertiary/aromatic N) is 5. The minimum atomic E-state index is 0.0628. The van der Waals surface area contributed by atoms with Crippen LogP contribution in [0.4, 0.5) is 5.82 Å². The maximum absolute atomic E-state index is 12.4. The van der Waals surface area contributed by atoms with Crippen molar-refractivity contribution in [3.8, 4) is 0 Å². The van der Waals surface area contributed by atoms with Gasteiger partial charge in [-0.1, -0.05) is 0 Å². The molecular weight excluding hydrogens is 314 g/mol.